The van der Waals surface area contributed by atoms with Crippen LogP contribution in [0.5, 0.6) is 0 Å². The molecular weight excluding hydrogens is 408 g/mol. The van der Waals surface area contributed by atoms with E-state index in [2.05, 4.69) is 10.6 Å². The molecule has 1 aromatic rings. The molecule has 0 atom stereocenters. The number of carbonyl (C=O) groups excluding carboxylic acids is 1. The molecule has 0 aromatic heterocycles. The van der Waals surface area contributed by atoms with Crippen LogP contribution < -0.4 is 10.6 Å². The van der Waals surface area contributed by atoms with E-state index in [1.807, 2.05) is 32.0 Å². The van der Waals surface area contributed by atoms with Gasteiger partial charge in [-0.2, -0.15) is 0 Å². The molecule has 3 N–H and O–H groups in total. The number of amides is 1. The number of nitrogens with one attached hydrogen (secondary N) is 2. The molecular formula is C26H39ClN2O2. The number of halogens is 1. The average Bonchev–Trinajstić information content (AvgIpc) is 2.68. The minimum atomic E-state index is -0.623. The molecule has 4 saturated carbocycles. The Kier molecular flexibility index (Phi) is 7.00. The predicted molar refractivity (Wildman–Crippen MR) is 126 cm³/mol. The first-order valence-electron chi connectivity index (χ1n) is 12.2. The Labute approximate surface area is 192 Å². The summed E-state index contributed by atoms with van der Waals surface area (Å²) in [7, 11) is 0. The molecule has 4 bridgehead atoms. The van der Waals surface area contributed by atoms with E-state index >= 15 is 0 Å². The fraction of sp³-hybridized carbons (Fsp3) is 0.731. The molecule has 0 radical (unpaired) electrons. The van der Waals surface area contributed by atoms with Gasteiger partial charge < -0.3 is 15.7 Å². The standard InChI is InChI=1S/C26H39ClN2O2/c1-25(2,31)7-9-28-8-3-4-18-5-6-23(27)22(13-18)24(30)29-17-26-14-19-10-20(15-26)12-21(11-19)16-26/h5-6,13,19-21,28,31H,3-4,7-12,14-17H2,1-2H3,(H,29,30). The number of carbonyl (C=O) groups is 1. The molecule has 0 heterocycles. The van der Waals surface area contributed by atoms with Crippen LogP contribution in [0.1, 0.15) is 81.1 Å². The van der Waals surface area contributed by atoms with Crippen molar-refractivity contribution in [3.63, 3.8) is 0 Å². The summed E-state index contributed by atoms with van der Waals surface area (Å²) in [5, 5.41) is 16.9. The van der Waals surface area contributed by atoms with E-state index in [1.54, 1.807) is 0 Å². The molecule has 4 nitrogen and oxygen atoms in total. The van der Waals surface area contributed by atoms with Crippen molar-refractivity contribution in [2.75, 3.05) is 19.6 Å². The zero-order valence-electron chi connectivity index (χ0n) is 19.2. The van der Waals surface area contributed by atoms with Gasteiger partial charge in [0.25, 0.3) is 5.91 Å². The van der Waals surface area contributed by atoms with Crippen LogP contribution >= 0.6 is 11.6 Å². The molecule has 31 heavy (non-hydrogen) atoms. The molecule has 4 fully saturated rings. The first-order chi connectivity index (χ1) is 14.7. The lowest BCUT2D eigenvalue weighted by Crippen LogP contribution is -2.51. The maximum Gasteiger partial charge on any atom is 0.252 e. The Balaban J connectivity index is 1.26. The molecule has 0 saturated heterocycles. The molecule has 4 aliphatic carbocycles. The Morgan fingerprint density at radius 1 is 1.13 bits per heavy atom. The van der Waals surface area contributed by atoms with Gasteiger partial charge in [-0.25, -0.2) is 0 Å². The summed E-state index contributed by atoms with van der Waals surface area (Å²) in [5.74, 6) is 2.66. The minimum Gasteiger partial charge on any atom is -0.390 e. The lowest BCUT2D eigenvalue weighted by atomic mass is 9.49. The largest absolute Gasteiger partial charge is 0.390 e. The maximum atomic E-state index is 13.0. The van der Waals surface area contributed by atoms with Gasteiger partial charge in [0.1, 0.15) is 0 Å². The van der Waals surface area contributed by atoms with Gasteiger partial charge in [0, 0.05) is 6.54 Å². The third kappa shape index (κ3) is 6.03. The third-order valence-corrected chi connectivity index (χ3v) is 8.13. The lowest BCUT2D eigenvalue weighted by Gasteiger charge is -2.56. The summed E-state index contributed by atoms with van der Waals surface area (Å²) in [4.78, 5) is 13.0. The summed E-state index contributed by atoms with van der Waals surface area (Å²) >= 11 is 6.39. The number of aryl methyl sites for hydroxylation is 1. The molecule has 4 aliphatic rings. The Hall–Kier alpha value is -1.10. The second kappa shape index (κ2) is 9.41. The van der Waals surface area contributed by atoms with E-state index in [-0.39, 0.29) is 5.91 Å². The van der Waals surface area contributed by atoms with E-state index in [0.29, 0.717) is 16.0 Å². The van der Waals surface area contributed by atoms with Crippen LogP contribution in [0.4, 0.5) is 0 Å². The van der Waals surface area contributed by atoms with E-state index in [0.717, 1.165) is 62.2 Å². The van der Waals surface area contributed by atoms with Gasteiger partial charge in [-0.15, -0.1) is 0 Å². The van der Waals surface area contributed by atoms with Crippen molar-refractivity contribution < 1.29 is 9.90 Å². The zero-order chi connectivity index (χ0) is 22.1. The topological polar surface area (TPSA) is 61.4 Å². The zero-order valence-corrected chi connectivity index (χ0v) is 19.9. The Morgan fingerprint density at radius 3 is 2.39 bits per heavy atom. The van der Waals surface area contributed by atoms with Gasteiger partial charge in [-0.05, 0) is 126 Å². The van der Waals surface area contributed by atoms with Gasteiger partial charge in [-0.3, -0.25) is 4.79 Å². The summed E-state index contributed by atoms with van der Waals surface area (Å²) in [6, 6.07) is 5.85. The van der Waals surface area contributed by atoms with Crippen molar-refractivity contribution in [1.82, 2.24) is 10.6 Å². The monoisotopic (exact) mass is 446 g/mol. The van der Waals surface area contributed by atoms with Crippen LogP contribution in [0.25, 0.3) is 0 Å². The first-order valence-corrected chi connectivity index (χ1v) is 12.6. The molecule has 5 rings (SSSR count). The highest BCUT2D eigenvalue weighted by Gasteiger charge is 2.50. The summed E-state index contributed by atoms with van der Waals surface area (Å²) in [6.45, 7) is 6.17. The molecule has 0 spiro atoms. The second-order valence-corrected chi connectivity index (χ2v) is 11.7. The van der Waals surface area contributed by atoms with Crippen molar-refractivity contribution in [2.24, 2.45) is 23.2 Å². The fourth-order valence-electron chi connectivity index (χ4n) is 6.71. The van der Waals surface area contributed by atoms with Crippen molar-refractivity contribution in [1.29, 1.82) is 0 Å². The number of rotatable bonds is 10. The van der Waals surface area contributed by atoms with Crippen molar-refractivity contribution in [3.05, 3.63) is 34.3 Å². The van der Waals surface area contributed by atoms with Crippen LogP contribution in [0.3, 0.4) is 0 Å². The molecule has 0 unspecified atom stereocenters. The SMILES string of the molecule is CC(C)(O)CCNCCCc1ccc(Cl)c(C(=O)NCC23CC4CC(CC(C4)C2)C3)c1. The summed E-state index contributed by atoms with van der Waals surface area (Å²) in [5.41, 5.74) is 1.47. The smallest absolute Gasteiger partial charge is 0.252 e. The van der Waals surface area contributed by atoms with E-state index < -0.39 is 5.60 Å². The number of hydrogen-bond acceptors (Lipinski definition) is 3. The average molecular weight is 447 g/mol. The lowest BCUT2D eigenvalue weighted by molar-refractivity contribution is -0.0503. The quantitative estimate of drug-likeness (QED) is 0.444. The van der Waals surface area contributed by atoms with Gasteiger partial charge in [0.05, 0.1) is 16.2 Å². The second-order valence-electron chi connectivity index (χ2n) is 11.3. The van der Waals surface area contributed by atoms with Gasteiger partial charge in [0.15, 0.2) is 0 Å². The predicted octanol–water partition coefficient (Wildman–Crippen LogP) is 4.97. The van der Waals surface area contributed by atoms with Crippen molar-refractivity contribution in [2.45, 2.75) is 77.2 Å². The Bertz CT molecular complexity index is 751. The number of hydrogen-bond donors (Lipinski definition) is 3. The van der Waals surface area contributed by atoms with Crippen molar-refractivity contribution in [3.8, 4) is 0 Å². The van der Waals surface area contributed by atoms with Gasteiger partial charge >= 0.3 is 0 Å². The molecule has 1 amide bonds. The minimum absolute atomic E-state index is 0.0223. The van der Waals surface area contributed by atoms with Crippen LogP contribution in [0, 0.1) is 23.2 Å². The van der Waals surface area contributed by atoms with Gasteiger partial charge in [-0.1, -0.05) is 17.7 Å². The van der Waals surface area contributed by atoms with E-state index in [9.17, 15) is 9.90 Å². The normalized spacial score (nSPS) is 29.4. The molecule has 0 aliphatic heterocycles. The highest BCUT2D eigenvalue weighted by atomic mass is 35.5. The first kappa shape index (κ1) is 23.1. The van der Waals surface area contributed by atoms with Gasteiger partial charge in [0.2, 0.25) is 0 Å². The third-order valence-electron chi connectivity index (χ3n) is 7.80. The maximum absolute atomic E-state index is 13.0. The van der Waals surface area contributed by atoms with Crippen LogP contribution in [-0.2, 0) is 6.42 Å². The number of benzene rings is 1. The molecule has 172 valence electrons. The van der Waals surface area contributed by atoms with Crippen LogP contribution in [0.2, 0.25) is 5.02 Å². The Morgan fingerprint density at radius 2 is 1.77 bits per heavy atom. The van der Waals surface area contributed by atoms with Crippen LogP contribution in [-0.4, -0.2) is 36.2 Å². The molecule has 5 heteroatoms. The molecule has 1 aromatic carbocycles. The van der Waals surface area contributed by atoms with E-state index in [4.69, 9.17) is 11.6 Å². The highest BCUT2D eigenvalue weighted by Crippen LogP contribution is 2.59. The van der Waals surface area contributed by atoms with Crippen LogP contribution in [0.15, 0.2) is 18.2 Å². The fourth-order valence-corrected chi connectivity index (χ4v) is 6.91. The summed E-state index contributed by atoms with van der Waals surface area (Å²) < 4.78 is 0. The highest BCUT2D eigenvalue weighted by molar-refractivity contribution is 6.33. The van der Waals surface area contributed by atoms with E-state index in [1.165, 1.54) is 38.5 Å². The van der Waals surface area contributed by atoms with Crippen molar-refractivity contribution >= 4 is 17.5 Å². The number of aliphatic hydroxyl groups is 1. The summed E-state index contributed by atoms with van der Waals surface area (Å²) in [6.07, 6.45) is 10.8.